The van der Waals surface area contributed by atoms with Crippen LogP contribution in [0, 0.1) is 6.92 Å². The van der Waals surface area contributed by atoms with Crippen LogP contribution in [0.25, 0.3) is 0 Å². The van der Waals surface area contributed by atoms with Crippen molar-refractivity contribution in [2.75, 3.05) is 26.7 Å². The summed E-state index contributed by atoms with van der Waals surface area (Å²) in [6.07, 6.45) is 3.00. The van der Waals surface area contributed by atoms with Gasteiger partial charge in [-0.05, 0) is 13.8 Å². The van der Waals surface area contributed by atoms with E-state index >= 15 is 0 Å². The summed E-state index contributed by atoms with van der Waals surface area (Å²) in [7, 11) is 1.54. The summed E-state index contributed by atoms with van der Waals surface area (Å²) in [4.78, 5) is 33.9. The number of nitrogens with zero attached hydrogens (tertiary/aromatic N) is 3. The normalized spacial score (nSPS) is 22.4. The van der Waals surface area contributed by atoms with Gasteiger partial charge in [0.1, 0.15) is 5.69 Å². The Bertz CT molecular complexity index is 517. The molecule has 0 unspecified atom stereocenters. The van der Waals surface area contributed by atoms with E-state index in [1.807, 2.05) is 0 Å². The number of hydrogen-bond acceptors (Lipinski definition) is 5. The van der Waals surface area contributed by atoms with Crippen LogP contribution in [0.3, 0.4) is 0 Å². The van der Waals surface area contributed by atoms with Gasteiger partial charge in [-0.15, -0.1) is 0 Å². The highest BCUT2D eigenvalue weighted by molar-refractivity contribution is 5.93. The molecule has 1 N–H and O–H groups in total. The van der Waals surface area contributed by atoms with Crippen LogP contribution in [0.5, 0.6) is 0 Å². The first kappa shape index (κ1) is 14.4. The van der Waals surface area contributed by atoms with Crippen molar-refractivity contribution < 1.29 is 14.3 Å². The molecule has 7 nitrogen and oxygen atoms in total. The van der Waals surface area contributed by atoms with Gasteiger partial charge in [0.25, 0.3) is 11.8 Å². The predicted octanol–water partition coefficient (Wildman–Crippen LogP) is -0.238. The highest BCUT2D eigenvalue weighted by Gasteiger charge is 2.40. The minimum Gasteiger partial charge on any atom is -0.362 e. The van der Waals surface area contributed by atoms with Gasteiger partial charge in [-0.2, -0.15) is 0 Å². The van der Waals surface area contributed by atoms with Crippen LogP contribution >= 0.6 is 0 Å². The number of ether oxygens (including phenoxy) is 1. The number of amides is 2. The van der Waals surface area contributed by atoms with Crippen molar-refractivity contribution in [1.29, 1.82) is 0 Å². The molecular formula is C13H18N4O3. The maximum Gasteiger partial charge on any atom is 0.274 e. The molecule has 1 aromatic heterocycles. The van der Waals surface area contributed by atoms with Crippen molar-refractivity contribution in [2.24, 2.45) is 0 Å². The van der Waals surface area contributed by atoms with Crippen LogP contribution in [-0.4, -0.2) is 59.0 Å². The van der Waals surface area contributed by atoms with E-state index < -0.39 is 5.60 Å². The molecule has 2 amide bonds. The first-order valence-corrected chi connectivity index (χ1v) is 6.40. The topological polar surface area (TPSA) is 84.4 Å². The molecule has 2 rings (SSSR count). The fourth-order valence-electron chi connectivity index (χ4n) is 2.11. The Morgan fingerprint density at radius 1 is 1.40 bits per heavy atom. The number of aromatic nitrogens is 2. The summed E-state index contributed by atoms with van der Waals surface area (Å²) in [5, 5.41) is 2.55. The smallest absolute Gasteiger partial charge is 0.274 e. The summed E-state index contributed by atoms with van der Waals surface area (Å²) >= 11 is 0. The standard InChI is InChI=1S/C13H18N4O3/c1-9-6-16-10(7-15-9)11(18)17-4-5-20-13(2,8-17)12(19)14-3/h6-7H,4-5,8H2,1-3H3,(H,14,19)/t13-/m0/s1. The Hall–Kier alpha value is -2.02. The van der Waals surface area contributed by atoms with Gasteiger partial charge in [0.05, 0.1) is 25.0 Å². The predicted molar refractivity (Wildman–Crippen MR) is 71.1 cm³/mol. The molecule has 7 heteroatoms. The zero-order valence-electron chi connectivity index (χ0n) is 11.8. The van der Waals surface area contributed by atoms with E-state index in [-0.39, 0.29) is 24.1 Å². The van der Waals surface area contributed by atoms with E-state index in [1.54, 1.807) is 32.0 Å². The van der Waals surface area contributed by atoms with Gasteiger partial charge in [0, 0.05) is 19.8 Å². The second kappa shape index (κ2) is 5.54. The minimum atomic E-state index is -1.03. The van der Waals surface area contributed by atoms with E-state index in [9.17, 15) is 9.59 Å². The van der Waals surface area contributed by atoms with Gasteiger partial charge in [-0.25, -0.2) is 4.98 Å². The highest BCUT2D eigenvalue weighted by atomic mass is 16.5. The third kappa shape index (κ3) is 2.77. The maximum atomic E-state index is 12.3. The van der Waals surface area contributed by atoms with Gasteiger partial charge < -0.3 is 15.0 Å². The lowest BCUT2D eigenvalue weighted by Crippen LogP contribution is -2.58. The number of morpholine rings is 1. The molecule has 0 aliphatic carbocycles. The largest absolute Gasteiger partial charge is 0.362 e. The molecule has 1 aliphatic rings. The molecule has 0 radical (unpaired) electrons. The second-order valence-corrected chi connectivity index (χ2v) is 4.93. The molecule has 20 heavy (non-hydrogen) atoms. The zero-order valence-corrected chi connectivity index (χ0v) is 11.8. The van der Waals surface area contributed by atoms with E-state index in [0.717, 1.165) is 5.69 Å². The third-order valence-electron chi connectivity index (χ3n) is 3.27. The van der Waals surface area contributed by atoms with E-state index in [2.05, 4.69) is 15.3 Å². The zero-order chi connectivity index (χ0) is 14.8. The average molecular weight is 278 g/mol. The van der Waals surface area contributed by atoms with E-state index in [4.69, 9.17) is 4.74 Å². The number of nitrogens with one attached hydrogen (secondary N) is 1. The van der Waals surface area contributed by atoms with Crippen LogP contribution in [0.1, 0.15) is 23.1 Å². The van der Waals surface area contributed by atoms with E-state index in [1.165, 1.54) is 6.20 Å². The molecule has 108 valence electrons. The number of carbonyl (C=O) groups is 2. The number of hydrogen-bond donors (Lipinski definition) is 1. The lowest BCUT2D eigenvalue weighted by molar-refractivity contribution is -0.153. The average Bonchev–Trinajstić information content (AvgIpc) is 2.46. The van der Waals surface area contributed by atoms with Gasteiger partial charge in [-0.1, -0.05) is 0 Å². The van der Waals surface area contributed by atoms with E-state index in [0.29, 0.717) is 13.2 Å². The van der Waals surface area contributed by atoms with Crippen LogP contribution in [-0.2, 0) is 9.53 Å². The van der Waals surface area contributed by atoms with Crippen molar-refractivity contribution in [3.63, 3.8) is 0 Å². The van der Waals surface area contributed by atoms with Gasteiger partial charge >= 0.3 is 0 Å². The first-order valence-electron chi connectivity index (χ1n) is 6.40. The Balaban J connectivity index is 2.14. The Morgan fingerprint density at radius 2 is 2.15 bits per heavy atom. The molecule has 0 aromatic carbocycles. The molecule has 0 spiro atoms. The summed E-state index contributed by atoms with van der Waals surface area (Å²) in [6, 6.07) is 0. The third-order valence-corrected chi connectivity index (χ3v) is 3.27. The lowest BCUT2D eigenvalue weighted by atomic mass is 10.0. The van der Waals surface area contributed by atoms with Crippen LogP contribution in [0.2, 0.25) is 0 Å². The van der Waals surface area contributed by atoms with Crippen LogP contribution in [0.15, 0.2) is 12.4 Å². The van der Waals surface area contributed by atoms with Crippen LogP contribution < -0.4 is 5.32 Å². The number of likely N-dealkylation sites (N-methyl/N-ethyl adjacent to an activating group) is 1. The van der Waals surface area contributed by atoms with Crippen molar-refractivity contribution in [1.82, 2.24) is 20.2 Å². The minimum absolute atomic E-state index is 0.195. The molecule has 1 fully saturated rings. The molecule has 1 aliphatic heterocycles. The Morgan fingerprint density at radius 3 is 2.75 bits per heavy atom. The van der Waals surface area contributed by atoms with Gasteiger partial charge in [0.15, 0.2) is 5.60 Å². The molecule has 1 aromatic rings. The number of carbonyl (C=O) groups excluding carboxylic acids is 2. The highest BCUT2D eigenvalue weighted by Crippen LogP contribution is 2.19. The van der Waals surface area contributed by atoms with Gasteiger partial charge in [0.2, 0.25) is 0 Å². The van der Waals surface area contributed by atoms with Crippen molar-refractivity contribution in [3.05, 3.63) is 23.8 Å². The fourth-order valence-corrected chi connectivity index (χ4v) is 2.11. The molecule has 0 saturated carbocycles. The van der Waals surface area contributed by atoms with Crippen molar-refractivity contribution in [3.8, 4) is 0 Å². The molecule has 1 atom stereocenters. The summed E-state index contributed by atoms with van der Waals surface area (Å²) in [6.45, 7) is 4.42. The fraction of sp³-hybridized carbons (Fsp3) is 0.538. The second-order valence-electron chi connectivity index (χ2n) is 4.93. The SMILES string of the molecule is CNC(=O)[C@]1(C)CN(C(=O)c2cnc(C)cn2)CCO1. The molecule has 2 heterocycles. The number of aryl methyl sites for hydroxylation is 1. The summed E-state index contributed by atoms with van der Waals surface area (Å²) in [5.74, 6) is -0.485. The Kier molecular flexibility index (Phi) is 3.99. The van der Waals surface area contributed by atoms with Crippen molar-refractivity contribution >= 4 is 11.8 Å². The quantitative estimate of drug-likeness (QED) is 0.807. The lowest BCUT2D eigenvalue weighted by Gasteiger charge is -2.38. The van der Waals surface area contributed by atoms with Crippen molar-refractivity contribution in [2.45, 2.75) is 19.4 Å². The number of rotatable bonds is 2. The van der Waals surface area contributed by atoms with Crippen LogP contribution in [0.4, 0.5) is 0 Å². The van der Waals surface area contributed by atoms with Gasteiger partial charge in [-0.3, -0.25) is 14.6 Å². The molecular weight excluding hydrogens is 260 g/mol. The maximum absolute atomic E-state index is 12.3. The molecule has 1 saturated heterocycles. The summed E-state index contributed by atoms with van der Waals surface area (Å²) < 4.78 is 5.51. The Labute approximate surface area is 117 Å². The first-order chi connectivity index (χ1) is 9.46. The summed E-state index contributed by atoms with van der Waals surface area (Å²) in [5.41, 5.74) is -0.00340. The molecule has 0 bridgehead atoms. The monoisotopic (exact) mass is 278 g/mol.